The monoisotopic (exact) mass is 285 g/mol. The van der Waals surface area contributed by atoms with E-state index in [0.717, 1.165) is 27.3 Å². The molecule has 1 atom stereocenters. The topological polar surface area (TPSA) is 58.0 Å². The Labute approximate surface area is 121 Å². The van der Waals surface area contributed by atoms with Gasteiger partial charge in [-0.15, -0.1) is 11.3 Å². The number of rotatable bonds is 3. The number of aromatic nitrogens is 2. The van der Waals surface area contributed by atoms with E-state index in [1.807, 2.05) is 24.4 Å². The molecule has 1 unspecified atom stereocenters. The predicted octanol–water partition coefficient (Wildman–Crippen LogP) is 3.88. The normalized spacial score (nSPS) is 12.5. The molecular weight excluding hydrogens is 270 g/mol. The molecule has 0 amide bonds. The van der Waals surface area contributed by atoms with Crippen molar-refractivity contribution in [2.75, 3.05) is 5.32 Å². The van der Waals surface area contributed by atoms with Crippen LogP contribution < -0.4 is 5.32 Å². The first-order valence-electron chi connectivity index (χ1n) is 6.40. The van der Waals surface area contributed by atoms with E-state index in [9.17, 15) is 5.11 Å². The van der Waals surface area contributed by atoms with Gasteiger partial charge in [-0.1, -0.05) is 6.07 Å². The van der Waals surface area contributed by atoms with Gasteiger partial charge in [-0.2, -0.15) is 0 Å². The molecule has 2 aromatic heterocycles. The number of aromatic hydroxyl groups is 1. The minimum Gasteiger partial charge on any atom is -0.508 e. The maximum atomic E-state index is 9.64. The molecule has 102 valence electrons. The van der Waals surface area contributed by atoms with Crippen LogP contribution in [0.1, 0.15) is 23.7 Å². The molecule has 3 rings (SSSR count). The quantitative estimate of drug-likeness (QED) is 0.766. The van der Waals surface area contributed by atoms with E-state index in [2.05, 4.69) is 22.2 Å². The minimum atomic E-state index is 0.0779. The Balaban J connectivity index is 1.96. The van der Waals surface area contributed by atoms with Crippen molar-refractivity contribution < 1.29 is 5.11 Å². The van der Waals surface area contributed by atoms with Crippen molar-refractivity contribution in [2.45, 2.75) is 19.9 Å². The van der Waals surface area contributed by atoms with Crippen LogP contribution in [0.25, 0.3) is 10.8 Å². The van der Waals surface area contributed by atoms with Gasteiger partial charge >= 0.3 is 0 Å². The van der Waals surface area contributed by atoms with E-state index in [4.69, 9.17) is 0 Å². The number of hydrogen-bond acceptors (Lipinski definition) is 5. The number of thiazole rings is 1. The number of fused-ring (bicyclic) bond motifs is 1. The van der Waals surface area contributed by atoms with Crippen LogP contribution >= 0.6 is 11.3 Å². The van der Waals surface area contributed by atoms with Gasteiger partial charge in [0.2, 0.25) is 0 Å². The Kier molecular flexibility index (Phi) is 3.28. The number of hydrogen-bond donors (Lipinski definition) is 2. The molecule has 1 aromatic carbocycles. The van der Waals surface area contributed by atoms with Crippen molar-refractivity contribution in [2.24, 2.45) is 0 Å². The second kappa shape index (κ2) is 5.09. The van der Waals surface area contributed by atoms with Crippen LogP contribution in [0.4, 0.5) is 5.82 Å². The summed E-state index contributed by atoms with van der Waals surface area (Å²) in [6.45, 7) is 4.04. The van der Waals surface area contributed by atoms with Gasteiger partial charge in [0.25, 0.3) is 0 Å². The zero-order chi connectivity index (χ0) is 14.1. The summed E-state index contributed by atoms with van der Waals surface area (Å²) in [7, 11) is 0. The average molecular weight is 285 g/mol. The van der Waals surface area contributed by atoms with Gasteiger partial charge < -0.3 is 10.4 Å². The lowest BCUT2D eigenvalue weighted by atomic mass is 10.1. The third kappa shape index (κ3) is 2.44. The summed E-state index contributed by atoms with van der Waals surface area (Å²) in [5, 5.41) is 18.0. The van der Waals surface area contributed by atoms with Gasteiger partial charge in [-0.05, 0) is 37.4 Å². The number of anilines is 1. The second-order valence-corrected chi connectivity index (χ2v) is 5.65. The molecule has 3 aromatic rings. The maximum Gasteiger partial charge on any atom is 0.134 e. The maximum absolute atomic E-state index is 9.64. The molecule has 0 aliphatic heterocycles. The smallest absolute Gasteiger partial charge is 0.134 e. The highest BCUT2D eigenvalue weighted by molar-refractivity contribution is 7.09. The molecule has 0 bridgehead atoms. The van der Waals surface area contributed by atoms with Gasteiger partial charge in [0.15, 0.2) is 0 Å². The summed E-state index contributed by atoms with van der Waals surface area (Å²) in [4.78, 5) is 8.86. The summed E-state index contributed by atoms with van der Waals surface area (Å²) < 4.78 is 0. The lowest BCUT2D eigenvalue weighted by Crippen LogP contribution is -2.08. The Morgan fingerprint density at radius 1 is 1.30 bits per heavy atom. The van der Waals surface area contributed by atoms with Crippen LogP contribution in [0.5, 0.6) is 5.75 Å². The van der Waals surface area contributed by atoms with Gasteiger partial charge in [0, 0.05) is 22.7 Å². The van der Waals surface area contributed by atoms with E-state index in [-0.39, 0.29) is 11.8 Å². The van der Waals surface area contributed by atoms with Crippen molar-refractivity contribution >= 4 is 27.9 Å². The first-order chi connectivity index (χ1) is 9.63. The largest absolute Gasteiger partial charge is 0.508 e. The van der Waals surface area contributed by atoms with Crippen molar-refractivity contribution in [1.82, 2.24) is 9.97 Å². The van der Waals surface area contributed by atoms with Crippen LogP contribution in [0, 0.1) is 6.92 Å². The van der Waals surface area contributed by atoms with Gasteiger partial charge in [-0.3, -0.25) is 0 Å². The zero-order valence-electron chi connectivity index (χ0n) is 11.3. The third-order valence-electron chi connectivity index (χ3n) is 3.11. The van der Waals surface area contributed by atoms with Crippen LogP contribution in [0.3, 0.4) is 0 Å². The Morgan fingerprint density at radius 3 is 2.90 bits per heavy atom. The van der Waals surface area contributed by atoms with E-state index < -0.39 is 0 Å². The van der Waals surface area contributed by atoms with Crippen molar-refractivity contribution in [1.29, 1.82) is 0 Å². The molecule has 0 saturated carbocycles. The van der Waals surface area contributed by atoms with Crippen LogP contribution in [0.2, 0.25) is 0 Å². The molecule has 2 heterocycles. The Morgan fingerprint density at radius 2 is 2.15 bits per heavy atom. The summed E-state index contributed by atoms with van der Waals surface area (Å²) in [5.74, 6) is 1.00. The molecule has 0 aliphatic rings. The summed E-state index contributed by atoms with van der Waals surface area (Å²) in [5.41, 5.74) is 1.03. The van der Waals surface area contributed by atoms with Gasteiger partial charge in [-0.25, -0.2) is 9.97 Å². The average Bonchev–Trinajstić information content (AvgIpc) is 2.86. The van der Waals surface area contributed by atoms with Crippen molar-refractivity contribution in [3.63, 3.8) is 0 Å². The van der Waals surface area contributed by atoms with Crippen LogP contribution in [-0.4, -0.2) is 15.1 Å². The molecule has 5 heteroatoms. The van der Waals surface area contributed by atoms with Gasteiger partial charge in [0.05, 0.1) is 6.04 Å². The molecule has 0 fully saturated rings. The molecular formula is C15H15N3OS. The van der Waals surface area contributed by atoms with E-state index in [0.29, 0.717) is 0 Å². The standard InChI is InChI=1S/C15H15N3OS/c1-9-8-20-15(17-9)10(2)18-14-13-7-12(19)4-3-11(13)5-6-16-14/h3-8,10,19H,1-2H3,(H,16,18). The predicted molar refractivity (Wildman–Crippen MR) is 82.3 cm³/mol. The lowest BCUT2D eigenvalue weighted by Gasteiger charge is -2.14. The molecule has 4 nitrogen and oxygen atoms in total. The van der Waals surface area contributed by atoms with Gasteiger partial charge in [0.1, 0.15) is 16.6 Å². The Hall–Kier alpha value is -2.14. The first-order valence-corrected chi connectivity index (χ1v) is 7.28. The van der Waals surface area contributed by atoms with Crippen molar-refractivity contribution in [3.8, 4) is 5.75 Å². The number of phenolic OH excluding ortho intramolecular Hbond substituents is 1. The highest BCUT2D eigenvalue weighted by atomic mass is 32.1. The minimum absolute atomic E-state index is 0.0779. The summed E-state index contributed by atoms with van der Waals surface area (Å²) in [6.07, 6.45) is 1.77. The van der Waals surface area contributed by atoms with E-state index in [1.165, 1.54) is 0 Å². The molecule has 2 N–H and O–H groups in total. The number of benzene rings is 1. The lowest BCUT2D eigenvalue weighted by molar-refractivity contribution is 0.476. The Bertz CT molecular complexity index is 754. The zero-order valence-corrected chi connectivity index (χ0v) is 12.1. The fraction of sp³-hybridized carbons (Fsp3) is 0.200. The highest BCUT2D eigenvalue weighted by Crippen LogP contribution is 2.28. The van der Waals surface area contributed by atoms with Crippen LogP contribution in [0.15, 0.2) is 35.8 Å². The molecule has 0 saturated heterocycles. The van der Waals surface area contributed by atoms with Crippen molar-refractivity contribution in [3.05, 3.63) is 46.5 Å². The fourth-order valence-electron chi connectivity index (χ4n) is 2.11. The molecule has 0 aliphatic carbocycles. The summed E-state index contributed by atoms with van der Waals surface area (Å²) in [6, 6.07) is 7.30. The number of nitrogens with zero attached hydrogens (tertiary/aromatic N) is 2. The first kappa shape index (κ1) is 12.9. The highest BCUT2D eigenvalue weighted by Gasteiger charge is 2.12. The van der Waals surface area contributed by atoms with E-state index in [1.54, 1.807) is 29.7 Å². The SMILES string of the molecule is Cc1csc(C(C)Nc2nccc3ccc(O)cc23)n1. The number of aryl methyl sites for hydroxylation is 1. The summed E-state index contributed by atoms with van der Waals surface area (Å²) >= 11 is 1.63. The molecule has 0 spiro atoms. The second-order valence-electron chi connectivity index (χ2n) is 4.76. The van der Waals surface area contributed by atoms with Crippen LogP contribution in [-0.2, 0) is 0 Å². The number of nitrogens with one attached hydrogen (secondary N) is 1. The van der Waals surface area contributed by atoms with E-state index >= 15 is 0 Å². The number of pyridine rings is 1. The number of phenols is 1. The molecule has 20 heavy (non-hydrogen) atoms. The molecule has 0 radical (unpaired) electrons. The third-order valence-corrected chi connectivity index (χ3v) is 4.26. The fourth-order valence-corrected chi connectivity index (χ4v) is 2.91.